The second-order valence-electron chi connectivity index (χ2n) is 5.10. The first-order valence-electron chi connectivity index (χ1n) is 7.60. The van der Waals surface area contributed by atoms with Crippen LogP contribution in [0, 0.1) is 0 Å². The molecule has 3 rings (SSSR count). The van der Waals surface area contributed by atoms with Gasteiger partial charge >= 0.3 is 0 Å². The third kappa shape index (κ3) is 4.63. The lowest BCUT2D eigenvalue weighted by Gasteiger charge is -2.07. The predicted octanol–water partition coefficient (Wildman–Crippen LogP) is 3.09. The van der Waals surface area contributed by atoms with Crippen molar-refractivity contribution in [1.82, 2.24) is 15.3 Å². The van der Waals surface area contributed by atoms with E-state index in [9.17, 15) is 4.79 Å². The van der Waals surface area contributed by atoms with Crippen LogP contribution in [0.4, 0.5) is 0 Å². The number of nitrogens with zero attached hydrogens (tertiary/aromatic N) is 2. The number of hydrogen-bond acceptors (Lipinski definition) is 5. The summed E-state index contributed by atoms with van der Waals surface area (Å²) in [6.45, 7) is 0.973. The molecule has 1 amide bonds. The van der Waals surface area contributed by atoms with Gasteiger partial charge in [-0.1, -0.05) is 36.4 Å². The molecule has 2 heterocycles. The van der Waals surface area contributed by atoms with Crippen LogP contribution in [0.5, 0.6) is 5.88 Å². The molecule has 0 bridgehead atoms. The second kappa shape index (κ2) is 8.21. The van der Waals surface area contributed by atoms with Crippen LogP contribution < -0.4 is 10.1 Å². The average Bonchev–Trinajstić information content (AvgIpc) is 3.14. The van der Waals surface area contributed by atoms with Crippen molar-refractivity contribution in [2.75, 3.05) is 6.54 Å². The highest BCUT2D eigenvalue weighted by Crippen LogP contribution is 2.11. The molecule has 1 aromatic carbocycles. The van der Waals surface area contributed by atoms with Crippen LogP contribution in [0.1, 0.15) is 20.9 Å². The van der Waals surface area contributed by atoms with Gasteiger partial charge in [0.05, 0.1) is 0 Å². The van der Waals surface area contributed by atoms with Crippen molar-refractivity contribution >= 4 is 17.2 Å². The highest BCUT2D eigenvalue weighted by molar-refractivity contribution is 7.09. The number of carbonyl (C=O) groups is 1. The average molecular weight is 339 g/mol. The quantitative estimate of drug-likeness (QED) is 0.718. The molecule has 0 aliphatic heterocycles. The molecule has 0 aliphatic carbocycles. The Labute approximate surface area is 144 Å². The molecule has 0 spiro atoms. The summed E-state index contributed by atoms with van der Waals surface area (Å²) < 4.78 is 5.62. The van der Waals surface area contributed by atoms with Crippen molar-refractivity contribution < 1.29 is 9.53 Å². The fraction of sp³-hybridized carbons (Fsp3) is 0.167. The fourth-order valence-corrected chi connectivity index (χ4v) is 2.83. The summed E-state index contributed by atoms with van der Waals surface area (Å²) in [5.74, 6) is 0.163. The van der Waals surface area contributed by atoms with Crippen LogP contribution in [0.25, 0.3) is 0 Å². The molecule has 0 aliphatic rings. The van der Waals surface area contributed by atoms with Crippen LogP contribution in [-0.2, 0) is 13.0 Å². The second-order valence-corrected chi connectivity index (χ2v) is 6.13. The lowest BCUT2D eigenvalue weighted by molar-refractivity contribution is 0.0948. The van der Waals surface area contributed by atoms with Gasteiger partial charge in [-0.2, -0.15) is 0 Å². The zero-order valence-corrected chi connectivity index (χ0v) is 13.8. The van der Waals surface area contributed by atoms with Gasteiger partial charge in [-0.15, -0.1) is 11.3 Å². The van der Waals surface area contributed by atoms with Gasteiger partial charge in [0, 0.05) is 17.5 Å². The molecule has 5 nitrogen and oxygen atoms in total. The number of thiophene rings is 1. The van der Waals surface area contributed by atoms with E-state index in [0.29, 0.717) is 24.7 Å². The maximum atomic E-state index is 12.1. The third-order valence-electron chi connectivity index (χ3n) is 3.34. The number of rotatable bonds is 7. The number of hydrogen-bond donors (Lipinski definition) is 1. The minimum atomic E-state index is -0.224. The fourth-order valence-electron chi connectivity index (χ4n) is 2.12. The minimum Gasteiger partial charge on any atom is -0.473 e. The van der Waals surface area contributed by atoms with E-state index in [-0.39, 0.29) is 5.91 Å². The molecule has 0 radical (unpaired) electrons. The van der Waals surface area contributed by atoms with Gasteiger partial charge in [-0.05, 0) is 23.4 Å². The largest absolute Gasteiger partial charge is 0.473 e. The number of benzene rings is 1. The molecule has 3 aromatic rings. The van der Waals surface area contributed by atoms with E-state index in [0.717, 1.165) is 12.0 Å². The monoisotopic (exact) mass is 339 g/mol. The van der Waals surface area contributed by atoms with Crippen molar-refractivity contribution in [2.45, 2.75) is 13.0 Å². The van der Waals surface area contributed by atoms with Gasteiger partial charge in [-0.3, -0.25) is 4.79 Å². The van der Waals surface area contributed by atoms with Crippen LogP contribution in [0.15, 0.2) is 60.2 Å². The maximum absolute atomic E-state index is 12.1. The molecule has 24 heavy (non-hydrogen) atoms. The van der Waals surface area contributed by atoms with E-state index in [4.69, 9.17) is 4.74 Å². The Hall–Kier alpha value is -2.73. The summed E-state index contributed by atoms with van der Waals surface area (Å²) in [6, 6.07) is 15.4. The Morgan fingerprint density at radius 2 is 2.00 bits per heavy atom. The molecule has 6 heteroatoms. The first-order valence-corrected chi connectivity index (χ1v) is 8.48. The maximum Gasteiger partial charge on any atom is 0.270 e. The van der Waals surface area contributed by atoms with Gasteiger partial charge in [0.15, 0.2) is 0 Å². The van der Waals surface area contributed by atoms with E-state index < -0.39 is 0 Å². The highest BCUT2D eigenvalue weighted by atomic mass is 32.1. The molecular weight excluding hydrogens is 322 g/mol. The van der Waals surface area contributed by atoms with Gasteiger partial charge in [0.2, 0.25) is 5.88 Å². The molecule has 0 saturated carbocycles. The summed E-state index contributed by atoms with van der Waals surface area (Å²) >= 11 is 1.68. The van der Waals surface area contributed by atoms with Crippen molar-refractivity contribution in [3.63, 3.8) is 0 Å². The van der Waals surface area contributed by atoms with Gasteiger partial charge < -0.3 is 10.1 Å². The van der Waals surface area contributed by atoms with E-state index in [1.807, 2.05) is 41.8 Å². The SMILES string of the molecule is O=C(NCCc1cccs1)c1cc(OCc2ccccc2)ncn1. The number of carbonyl (C=O) groups excluding carboxylic acids is 1. The van der Waals surface area contributed by atoms with E-state index in [1.54, 1.807) is 17.4 Å². The van der Waals surface area contributed by atoms with Crippen LogP contribution >= 0.6 is 11.3 Å². The Morgan fingerprint density at radius 3 is 2.79 bits per heavy atom. The summed E-state index contributed by atoms with van der Waals surface area (Å²) in [5.41, 5.74) is 1.34. The Morgan fingerprint density at radius 1 is 1.12 bits per heavy atom. The van der Waals surface area contributed by atoms with Crippen molar-refractivity contribution in [1.29, 1.82) is 0 Å². The standard InChI is InChI=1S/C18H17N3O2S/c22-18(19-9-8-15-7-4-10-24-15)16-11-17(21-13-20-16)23-12-14-5-2-1-3-6-14/h1-7,10-11,13H,8-9,12H2,(H,19,22). The molecule has 0 unspecified atom stereocenters. The molecular formula is C18H17N3O2S. The summed E-state index contributed by atoms with van der Waals surface area (Å²) in [7, 11) is 0. The van der Waals surface area contributed by atoms with E-state index >= 15 is 0 Å². The van der Waals surface area contributed by atoms with Gasteiger partial charge in [-0.25, -0.2) is 9.97 Å². The van der Waals surface area contributed by atoms with Crippen LogP contribution in [0.3, 0.4) is 0 Å². The predicted molar refractivity (Wildman–Crippen MR) is 93.2 cm³/mol. The van der Waals surface area contributed by atoms with Gasteiger partial charge in [0.25, 0.3) is 5.91 Å². The number of nitrogens with one attached hydrogen (secondary N) is 1. The normalized spacial score (nSPS) is 10.3. The highest BCUT2D eigenvalue weighted by Gasteiger charge is 2.09. The zero-order chi connectivity index (χ0) is 16.6. The molecule has 122 valence electrons. The lowest BCUT2D eigenvalue weighted by atomic mass is 10.2. The van der Waals surface area contributed by atoms with Crippen LogP contribution in [0.2, 0.25) is 0 Å². The van der Waals surface area contributed by atoms with Gasteiger partial charge in [0.1, 0.15) is 18.6 Å². The number of ether oxygens (including phenoxy) is 1. The summed E-state index contributed by atoms with van der Waals surface area (Å²) in [6.07, 6.45) is 2.15. The molecule has 0 saturated heterocycles. The summed E-state index contributed by atoms with van der Waals surface area (Å²) in [5, 5.41) is 4.89. The third-order valence-corrected chi connectivity index (χ3v) is 4.28. The Bertz CT molecular complexity index is 776. The lowest BCUT2D eigenvalue weighted by Crippen LogP contribution is -2.26. The molecule has 2 aromatic heterocycles. The molecule has 1 N–H and O–H groups in total. The van der Waals surface area contributed by atoms with E-state index in [2.05, 4.69) is 21.4 Å². The van der Waals surface area contributed by atoms with Crippen molar-refractivity contribution in [2.24, 2.45) is 0 Å². The molecule has 0 atom stereocenters. The number of amides is 1. The first kappa shape index (κ1) is 16.1. The molecule has 0 fully saturated rings. The smallest absolute Gasteiger partial charge is 0.270 e. The Kier molecular flexibility index (Phi) is 5.52. The van der Waals surface area contributed by atoms with Crippen molar-refractivity contribution in [3.05, 3.63) is 76.4 Å². The Balaban J connectivity index is 1.53. The topological polar surface area (TPSA) is 64.1 Å². The number of aromatic nitrogens is 2. The van der Waals surface area contributed by atoms with Crippen LogP contribution in [-0.4, -0.2) is 22.4 Å². The minimum absolute atomic E-state index is 0.224. The van der Waals surface area contributed by atoms with E-state index in [1.165, 1.54) is 11.2 Å². The van der Waals surface area contributed by atoms with Crippen molar-refractivity contribution in [3.8, 4) is 5.88 Å². The first-order chi connectivity index (χ1) is 11.8. The zero-order valence-electron chi connectivity index (χ0n) is 13.0. The summed E-state index contributed by atoms with van der Waals surface area (Å²) in [4.78, 5) is 21.4.